The molecule has 3 aromatic rings. The monoisotopic (exact) mass is 417 g/mol. The zero-order valence-electron chi connectivity index (χ0n) is 17.1. The lowest BCUT2D eigenvalue weighted by molar-refractivity contribution is -0.140. The number of rotatable bonds is 6. The number of aliphatic hydroxyl groups is 1. The highest BCUT2D eigenvalue weighted by Gasteiger charge is 2.45. The van der Waals surface area contributed by atoms with Crippen molar-refractivity contribution in [2.45, 2.75) is 12.5 Å². The Morgan fingerprint density at radius 1 is 1.00 bits per heavy atom. The number of fused-ring (bicyclic) bond motifs is 1. The maximum atomic E-state index is 13.0. The van der Waals surface area contributed by atoms with Crippen molar-refractivity contribution in [3.05, 3.63) is 83.4 Å². The number of aromatic hydroxyl groups is 1. The Balaban J connectivity index is 1.84. The van der Waals surface area contributed by atoms with E-state index in [1.807, 2.05) is 30.3 Å². The van der Waals surface area contributed by atoms with Crippen molar-refractivity contribution in [2.75, 3.05) is 20.3 Å². The first-order valence-electron chi connectivity index (χ1n) is 10.1. The van der Waals surface area contributed by atoms with Gasteiger partial charge in [0.05, 0.1) is 11.6 Å². The number of amides is 1. The molecule has 0 bridgehead atoms. The molecule has 6 nitrogen and oxygen atoms in total. The zero-order chi connectivity index (χ0) is 22.0. The van der Waals surface area contributed by atoms with Crippen molar-refractivity contribution in [3.63, 3.8) is 0 Å². The minimum absolute atomic E-state index is 0.0448. The van der Waals surface area contributed by atoms with Crippen LogP contribution in [0.2, 0.25) is 0 Å². The predicted octanol–water partition coefficient (Wildman–Crippen LogP) is 4.00. The van der Waals surface area contributed by atoms with Crippen molar-refractivity contribution in [1.29, 1.82) is 0 Å². The van der Waals surface area contributed by atoms with Gasteiger partial charge in [0.2, 0.25) is 0 Å². The van der Waals surface area contributed by atoms with E-state index in [9.17, 15) is 19.8 Å². The number of ether oxygens (including phenoxy) is 1. The van der Waals surface area contributed by atoms with E-state index in [4.69, 9.17) is 4.74 Å². The summed E-state index contributed by atoms with van der Waals surface area (Å²) in [6.45, 7) is 0.744. The van der Waals surface area contributed by atoms with Gasteiger partial charge in [0.1, 0.15) is 11.5 Å². The molecule has 1 aliphatic heterocycles. The van der Waals surface area contributed by atoms with Crippen molar-refractivity contribution in [3.8, 4) is 5.75 Å². The van der Waals surface area contributed by atoms with Crippen molar-refractivity contribution >= 4 is 28.2 Å². The van der Waals surface area contributed by atoms with Crippen LogP contribution in [0.25, 0.3) is 16.5 Å². The molecule has 1 saturated heterocycles. The van der Waals surface area contributed by atoms with Gasteiger partial charge in [-0.3, -0.25) is 9.59 Å². The average molecular weight is 417 g/mol. The highest BCUT2D eigenvalue weighted by atomic mass is 16.5. The molecule has 0 aliphatic carbocycles. The molecule has 31 heavy (non-hydrogen) atoms. The Bertz CT molecular complexity index is 1170. The second-order valence-corrected chi connectivity index (χ2v) is 7.49. The molecule has 2 N–H and O–H groups in total. The summed E-state index contributed by atoms with van der Waals surface area (Å²) in [6.07, 6.45) is 0.550. The van der Waals surface area contributed by atoms with Crippen LogP contribution >= 0.6 is 0 Å². The van der Waals surface area contributed by atoms with E-state index >= 15 is 0 Å². The Hall–Kier alpha value is -3.64. The maximum absolute atomic E-state index is 13.0. The number of likely N-dealkylation sites (tertiary alicyclic amines) is 1. The third kappa shape index (κ3) is 3.90. The van der Waals surface area contributed by atoms with Crippen LogP contribution in [0.15, 0.2) is 72.3 Å². The smallest absolute Gasteiger partial charge is 0.295 e. The number of phenolic OH excluding ortho intramolecular Hbond substituents is 1. The standard InChI is InChI=1S/C25H23NO5/c1-31-14-4-13-26-22(17-9-11-20(27)12-10-17)21(24(29)25(26)30)23(28)19-8-7-16-5-2-3-6-18(16)15-19/h2-3,5-12,15,22,27-28H,4,13-14H2,1H3/b23-21-. The number of carbonyl (C=O) groups excluding carboxylic acids is 2. The number of ketones is 1. The van der Waals surface area contributed by atoms with E-state index in [1.165, 1.54) is 17.0 Å². The molecule has 1 amide bonds. The second-order valence-electron chi connectivity index (χ2n) is 7.49. The molecule has 0 spiro atoms. The van der Waals surface area contributed by atoms with Gasteiger partial charge in [-0.25, -0.2) is 0 Å². The third-order valence-electron chi connectivity index (χ3n) is 5.52. The molecule has 158 valence electrons. The van der Waals surface area contributed by atoms with E-state index in [1.54, 1.807) is 31.4 Å². The molecule has 3 aromatic carbocycles. The fraction of sp³-hybridized carbons (Fsp3) is 0.200. The van der Waals surface area contributed by atoms with Gasteiger partial charge in [0.25, 0.3) is 11.7 Å². The molecule has 1 fully saturated rings. The summed E-state index contributed by atoms with van der Waals surface area (Å²) in [6, 6.07) is 18.7. The largest absolute Gasteiger partial charge is 0.508 e. The molecule has 1 heterocycles. The fourth-order valence-electron chi connectivity index (χ4n) is 3.99. The maximum Gasteiger partial charge on any atom is 0.295 e. The topological polar surface area (TPSA) is 87.1 Å². The van der Waals surface area contributed by atoms with Gasteiger partial charge in [0.15, 0.2) is 0 Å². The minimum atomic E-state index is -0.746. The summed E-state index contributed by atoms with van der Waals surface area (Å²) in [4.78, 5) is 27.3. The molecule has 1 unspecified atom stereocenters. The summed E-state index contributed by atoms with van der Waals surface area (Å²) >= 11 is 0. The summed E-state index contributed by atoms with van der Waals surface area (Å²) in [5.41, 5.74) is 1.15. The van der Waals surface area contributed by atoms with Crippen LogP contribution in [-0.4, -0.2) is 47.1 Å². The Kier molecular flexibility index (Phi) is 5.73. The predicted molar refractivity (Wildman–Crippen MR) is 118 cm³/mol. The van der Waals surface area contributed by atoms with E-state index in [2.05, 4.69) is 0 Å². The Morgan fingerprint density at radius 2 is 1.71 bits per heavy atom. The first-order chi connectivity index (χ1) is 15.0. The lowest BCUT2D eigenvalue weighted by Gasteiger charge is -2.25. The lowest BCUT2D eigenvalue weighted by Crippen LogP contribution is -2.31. The molecule has 4 rings (SSSR count). The average Bonchev–Trinajstić information content (AvgIpc) is 3.04. The van der Waals surface area contributed by atoms with Crippen LogP contribution in [-0.2, 0) is 14.3 Å². The van der Waals surface area contributed by atoms with Crippen LogP contribution < -0.4 is 0 Å². The van der Waals surface area contributed by atoms with Crippen LogP contribution in [0.4, 0.5) is 0 Å². The number of Topliss-reactive ketones (excluding diaryl/α,β-unsaturated/α-hetero) is 1. The SMILES string of the molecule is COCCCN1C(=O)C(=O)/C(=C(\O)c2ccc3ccccc3c2)C1c1ccc(O)cc1. The number of methoxy groups -OCH3 is 1. The first kappa shape index (κ1) is 20.6. The Morgan fingerprint density at radius 3 is 2.42 bits per heavy atom. The summed E-state index contributed by atoms with van der Waals surface area (Å²) in [5, 5.41) is 22.7. The van der Waals surface area contributed by atoms with Crippen molar-refractivity contribution in [1.82, 2.24) is 4.90 Å². The van der Waals surface area contributed by atoms with Crippen molar-refractivity contribution in [2.24, 2.45) is 0 Å². The van der Waals surface area contributed by atoms with Gasteiger partial charge in [-0.15, -0.1) is 0 Å². The van der Waals surface area contributed by atoms with E-state index in [-0.39, 0.29) is 17.1 Å². The number of carbonyl (C=O) groups is 2. The van der Waals surface area contributed by atoms with Crippen LogP contribution in [0.1, 0.15) is 23.6 Å². The molecular weight excluding hydrogens is 394 g/mol. The van der Waals surface area contributed by atoms with Gasteiger partial charge >= 0.3 is 0 Å². The van der Waals surface area contributed by atoms with E-state index in [0.717, 1.165) is 10.8 Å². The van der Waals surface area contributed by atoms with Crippen molar-refractivity contribution < 1.29 is 24.5 Å². The summed E-state index contributed by atoms with van der Waals surface area (Å²) in [5.74, 6) is -1.51. The fourth-order valence-corrected chi connectivity index (χ4v) is 3.99. The second kappa shape index (κ2) is 8.62. The number of hydrogen-bond acceptors (Lipinski definition) is 5. The Labute approximate surface area is 180 Å². The first-order valence-corrected chi connectivity index (χ1v) is 10.1. The summed E-state index contributed by atoms with van der Waals surface area (Å²) < 4.78 is 5.09. The molecule has 1 aliphatic rings. The van der Waals surface area contributed by atoms with Crippen LogP contribution in [0, 0.1) is 0 Å². The third-order valence-corrected chi connectivity index (χ3v) is 5.52. The number of benzene rings is 3. The molecule has 0 saturated carbocycles. The zero-order valence-corrected chi connectivity index (χ0v) is 17.1. The molecule has 1 atom stereocenters. The molecule has 0 radical (unpaired) electrons. The highest BCUT2D eigenvalue weighted by molar-refractivity contribution is 6.46. The van der Waals surface area contributed by atoms with Gasteiger partial charge in [-0.05, 0) is 41.0 Å². The lowest BCUT2D eigenvalue weighted by atomic mass is 9.94. The number of nitrogens with zero attached hydrogens (tertiary/aromatic N) is 1. The van der Waals surface area contributed by atoms with E-state index in [0.29, 0.717) is 30.7 Å². The number of phenols is 1. The van der Waals surface area contributed by atoms with E-state index < -0.39 is 17.7 Å². The highest BCUT2D eigenvalue weighted by Crippen LogP contribution is 2.40. The van der Waals surface area contributed by atoms with Crippen LogP contribution in [0.5, 0.6) is 5.75 Å². The van der Waals surface area contributed by atoms with Gasteiger partial charge < -0.3 is 19.8 Å². The number of hydrogen-bond donors (Lipinski definition) is 2. The minimum Gasteiger partial charge on any atom is -0.508 e. The quantitative estimate of drug-likeness (QED) is 0.274. The van der Waals surface area contributed by atoms with Crippen LogP contribution in [0.3, 0.4) is 0 Å². The van der Waals surface area contributed by atoms with Gasteiger partial charge in [-0.1, -0.05) is 48.5 Å². The molecule has 0 aromatic heterocycles. The number of aliphatic hydroxyl groups excluding tert-OH is 1. The molecular formula is C25H23NO5. The summed E-state index contributed by atoms with van der Waals surface area (Å²) in [7, 11) is 1.57. The van der Waals surface area contributed by atoms with Gasteiger partial charge in [-0.2, -0.15) is 0 Å². The molecule has 6 heteroatoms. The van der Waals surface area contributed by atoms with Gasteiger partial charge in [0, 0.05) is 25.8 Å². The normalized spacial score (nSPS) is 18.1.